The minimum absolute atomic E-state index is 0.365. The summed E-state index contributed by atoms with van der Waals surface area (Å²) < 4.78 is 10.7. The quantitative estimate of drug-likeness (QED) is 0.603. The van der Waals surface area contributed by atoms with Crippen LogP contribution in [0.2, 0.25) is 0 Å². The number of rotatable bonds is 3. The van der Waals surface area contributed by atoms with Crippen molar-refractivity contribution in [2.45, 2.75) is 6.92 Å². The van der Waals surface area contributed by atoms with Crippen LogP contribution in [0, 0.1) is 0 Å². The van der Waals surface area contributed by atoms with E-state index < -0.39 is 11.6 Å². The first kappa shape index (κ1) is 12.1. The molecule has 0 bridgehead atoms. The molecule has 0 saturated heterocycles. The van der Waals surface area contributed by atoms with Gasteiger partial charge in [0.25, 0.3) is 0 Å². The van der Waals surface area contributed by atoms with Crippen molar-refractivity contribution in [2.24, 2.45) is 0 Å². The smallest absolute Gasteiger partial charge is 0.229 e. The van der Waals surface area contributed by atoms with Gasteiger partial charge in [0, 0.05) is 6.08 Å². The number of allylic oxidation sites excluding steroid dienone is 3. The summed E-state index contributed by atoms with van der Waals surface area (Å²) in [4.78, 5) is 22.5. The van der Waals surface area contributed by atoms with Crippen molar-refractivity contribution in [1.82, 2.24) is 0 Å². The van der Waals surface area contributed by atoms with Gasteiger partial charge in [-0.2, -0.15) is 0 Å². The van der Waals surface area contributed by atoms with E-state index in [0.717, 1.165) is 0 Å². The molecule has 0 saturated carbocycles. The number of hydrogen-bond acceptors (Lipinski definition) is 4. The van der Waals surface area contributed by atoms with Crippen LogP contribution in [-0.2, 0) is 9.59 Å². The zero-order valence-corrected chi connectivity index (χ0v) is 10.1. The van der Waals surface area contributed by atoms with Gasteiger partial charge in [-0.1, -0.05) is 12.1 Å². The first-order valence-corrected chi connectivity index (χ1v) is 5.41. The summed E-state index contributed by atoms with van der Waals surface area (Å²) in [5.41, 5.74) is 0.616. The predicted molar refractivity (Wildman–Crippen MR) is 65.5 cm³/mol. The fraction of sp³-hybridized carbons (Fsp3) is 0.143. The van der Waals surface area contributed by atoms with E-state index in [9.17, 15) is 9.59 Å². The Morgan fingerprint density at radius 3 is 2.22 bits per heavy atom. The highest BCUT2D eigenvalue weighted by molar-refractivity contribution is 6.46. The highest BCUT2D eigenvalue weighted by Crippen LogP contribution is 2.29. The van der Waals surface area contributed by atoms with E-state index in [2.05, 4.69) is 0 Å². The van der Waals surface area contributed by atoms with Crippen LogP contribution >= 0.6 is 0 Å². The highest BCUT2D eigenvalue weighted by Gasteiger charge is 2.19. The molecule has 0 fully saturated rings. The Hall–Kier alpha value is -2.36. The van der Waals surface area contributed by atoms with E-state index in [1.54, 1.807) is 25.1 Å². The van der Waals surface area contributed by atoms with E-state index >= 15 is 0 Å². The second-order valence-electron chi connectivity index (χ2n) is 3.82. The van der Waals surface area contributed by atoms with E-state index in [-0.39, 0.29) is 0 Å². The Morgan fingerprint density at radius 1 is 0.944 bits per heavy atom. The van der Waals surface area contributed by atoms with Gasteiger partial charge >= 0.3 is 0 Å². The molecule has 0 aliphatic heterocycles. The average molecular weight is 244 g/mol. The second-order valence-corrected chi connectivity index (χ2v) is 3.82. The van der Waals surface area contributed by atoms with Gasteiger partial charge in [-0.05, 0) is 30.7 Å². The van der Waals surface area contributed by atoms with Crippen LogP contribution in [-0.4, -0.2) is 18.7 Å². The average Bonchev–Trinajstić information content (AvgIpc) is 2.36. The molecule has 0 spiro atoms. The number of carbonyl (C=O) groups excluding carboxylic acids is 2. The minimum Gasteiger partial charge on any atom is -0.493 e. The lowest BCUT2D eigenvalue weighted by molar-refractivity contribution is -0.131. The fourth-order valence-electron chi connectivity index (χ4n) is 1.57. The first-order chi connectivity index (χ1) is 8.61. The van der Waals surface area contributed by atoms with Crippen LogP contribution in [0.3, 0.4) is 0 Å². The van der Waals surface area contributed by atoms with Crippen LogP contribution < -0.4 is 9.47 Å². The van der Waals surface area contributed by atoms with Crippen molar-refractivity contribution in [3.05, 3.63) is 47.7 Å². The molecule has 2 rings (SSSR count). The highest BCUT2D eigenvalue weighted by atomic mass is 16.5. The number of para-hydroxylation sites is 2. The predicted octanol–water partition coefficient (Wildman–Crippen LogP) is 2.06. The van der Waals surface area contributed by atoms with Crippen molar-refractivity contribution < 1.29 is 19.1 Å². The Morgan fingerprint density at radius 2 is 1.56 bits per heavy atom. The zero-order valence-electron chi connectivity index (χ0n) is 10.1. The molecule has 0 radical (unpaired) electrons. The molecule has 1 aliphatic rings. The summed E-state index contributed by atoms with van der Waals surface area (Å²) in [5.74, 6) is 0.325. The number of benzene rings is 1. The lowest BCUT2D eigenvalue weighted by atomic mass is 10.0. The maximum atomic E-state index is 11.3. The standard InChI is InChI=1S/C14H12O4/c1-9-7-10(15)11(16)8-14(9)18-13-6-4-3-5-12(13)17-2/h3-8H,1-2H3. The van der Waals surface area contributed by atoms with Gasteiger partial charge in [-0.25, -0.2) is 0 Å². The van der Waals surface area contributed by atoms with Crippen LogP contribution in [0.4, 0.5) is 0 Å². The number of hydrogen-bond donors (Lipinski definition) is 0. The molecule has 1 aromatic rings. The van der Waals surface area contributed by atoms with Crippen LogP contribution in [0.25, 0.3) is 0 Å². The van der Waals surface area contributed by atoms with E-state index in [4.69, 9.17) is 9.47 Å². The Kier molecular flexibility index (Phi) is 3.28. The normalized spacial score (nSPS) is 15.0. The Balaban J connectivity index is 2.29. The molecule has 18 heavy (non-hydrogen) atoms. The van der Waals surface area contributed by atoms with E-state index in [1.807, 2.05) is 6.07 Å². The van der Waals surface area contributed by atoms with Gasteiger partial charge in [0.05, 0.1) is 7.11 Å². The molecule has 0 atom stereocenters. The molecular weight excluding hydrogens is 232 g/mol. The van der Waals surface area contributed by atoms with Gasteiger partial charge in [0.2, 0.25) is 11.6 Å². The third-order valence-electron chi connectivity index (χ3n) is 2.53. The molecule has 0 amide bonds. The maximum absolute atomic E-state index is 11.3. The molecular formula is C14H12O4. The lowest BCUT2D eigenvalue weighted by Gasteiger charge is -2.15. The van der Waals surface area contributed by atoms with Crippen LogP contribution in [0.1, 0.15) is 6.92 Å². The summed E-state index contributed by atoms with van der Waals surface area (Å²) in [6.45, 7) is 1.71. The monoisotopic (exact) mass is 244 g/mol. The number of ketones is 2. The number of methoxy groups -OCH3 is 1. The van der Waals surface area contributed by atoms with Gasteiger partial charge in [0.1, 0.15) is 5.76 Å². The Bertz CT molecular complexity index is 567. The summed E-state index contributed by atoms with van der Waals surface area (Å²) in [5, 5.41) is 0. The molecule has 0 unspecified atom stereocenters. The fourth-order valence-corrected chi connectivity index (χ4v) is 1.57. The maximum Gasteiger partial charge on any atom is 0.229 e. The molecule has 0 aromatic heterocycles. The SMILES string of the molecule is COc1ccccc1OC1=CC(=O)C(=O)C=C1C. The first-order valence-electron chi connectivity index (χ1n) is 5.41. The Labute approximate surface area is 105 Å². The topological polar surface area (TPSA) is 52.6 Å². The van der Waals surface area contributed by atoms with E-state index in [0.29, 0.717) is 22.8 Å². The zero-order chi connectivity index (χ0) is 13.1. The molecule has 1 aromatic carbocycles. The number of carbonyl (C=O) groups is 2. The van der Waals surface area contributed by atoms with Crippen molar-refractivity contribution in [1.29, 1.82) is 0 Å². The van der Waals surface area contributed by atoms with Crippen LogP contribution in [0.5, 0.6) is 11.5 Å². The third kappa shape index (κ3) is 2.32. The molecule has 4 nitrogen and oxygen atoms in total. The van der Waals surface area contributed by atoms with E-state index in [1.165, 1.54) is 19.3 Å². The molecule has 4 heteroatoms. The summed E-state index contributed by atoms with van der Waals surface area (Å²) in [7, 11) is 1.54. The summed E-state index contributed by atoms with van der Waals surface area (Å²) in [6.07, 6.45) is 2.47. The van der Waals surface area contributed by atoms with Crippen molar-refractivity contribution in [3.63, 3.8) is 0 Å². The van der Waals surface area contributed by atoms with Crippen molar-refractivity contribution in [2.75, 3.05) is 7.11 Å². The molecule has 0 heterocycles. The van der Waals surface area contributed by atoms with Gasteiger partial charge in [-0.3, -0.25) is 9.59 Å². The summed E-state index contributed by atoms with van der Waals surface area (Å²) in [6, 6.07) is 7.10. The number of ether oxygens (including phenoxy) is 2. The van der Waals surface area contributed by atoms with Gasteiger partial charge in [-0.15, -0.1) is 0 Å². The minimum atomic E-state index is -0.578. The summed E-state index contributed by atoms with van der Waals surface area (Å²) >= 11 is 0. The molecule has 0 N–H and O–H groups in total. The second kappa shape index (κ2) is 4.87. The lowest BCUT2D eigenvalue weighted by Crippen LogP contribution is -2.16. The van der Waals surface area contributed by atoms with Crippen LogP contribution in [0.15, 0.2) is 47.7 Å². The van der Waals surface area contributed by atoms with Gasteiger partial charge in [0.15, 0.2) is 11.5 Å². The third-order valence-corrected chi connectivity index (χ3v) is 2.53. The van der Waals surface area contributed by atoms with Gasteiger partial charge < -0.3 is 9.47 Å². The van der Waals surface area contributed by atoms with Crippen molar-refractivity contribution >= 4 is 11.6 Å². The molecule has 1 aliphatic carbocycles. The van der Waals surface area contributed by atoms with Crippen molar-refractivity contribution in [3.8, 4) is 11.5 Å². The largest absolute Gasteiger partial charge is 0.493 e. The molecule has 92 valence electrons.